The lowest BCUT2D eigenvalue weighted by atomic mass is 9.99. The Morgan fingerprint density at radius 3 is 1.89 bits per heavy atom. The summed E-state index contributed by atoms with van der Waals surface area (Å²) in [7, 11) is 0. The van der Waals surface area contributed by atoms with E-state index in [1.165, 1.54) is 10.8 Å². The van der Waals surface area contributed by atoms with Crippen LogP contribution in [0.25, 0.3) is 88.8 Å². The highest BCUT2D eigenvalue weighted by Crippen LogP contribution is 2.38. The van der Waals surface area contributed by atoms with Crippen molar-refractivity contribution in [2.24, 2.45) is 0 Å². The molecule has 0 saturated carbocycles. The molecule has 9 aromatic rings. The van der Waals surface area contributed by atoms with E-state index in [1.54, 1.807) is 0 Å². The number of benzene rings is 7. The fourth-order valence-electron chi connectivity index (χ4n) is 6.28. The van der Waals surface area contributed by atoms with Gasteiger partial charge in [0, 0.05) is 33.0 Å². The highest BCUT2D eigenvalue weighted by atomic mass is 16.3. The molecule has 2 aromatic heterocycles. The minimum atomic E-state index is 0.601. The van der Waals surface area contributed by atoms with Crippen LogP contribution in [0.4, 0.5) is 0 Å². The Bertz CT molecular complexity index is 2540. The van der Waals surface area contributed by atoms with Crippen LogP contribution >= 0.6 is 0 Å². The average Bonchev–Trinajstić information content (AvgIpc) is 3.49. The van der Waals surface area contributed by atoms with E-state index in [0.717, 1.165) is 60.5 Å². The van der Waals surface area contributed by atoms with Crippen LogP contribution in [0.5, 0.6) is 0 Å². The zero-order chi connectivity index (χ0) is 29.7. The summed E-state index contributed by atoms with van der Waals surface area (Å²) in [5.74, 6) is 1.87. The van der Waals surface area contributed by atoms with Gasteiger partial charge in [-0.1, -0.05) is 133 Å². The molecule has 210 valence electrons. The van der Waals surface area contributed by atoms with Gasteiger partial charge < -0.3 is 4.42 Å². The highest BCUT2D eigenvalue weighted by Gasteiger charge is 2.17. The Morgan fingerprint density at radius 2 is 1.00 bits per heavy atom. The summed E-state index contributed by atoms with van der Waals surface area (Å²) in [6.07, 6.45) is 0. The van der Waals surface area contributed by atoms with Gasteiger partial charge in [0.05, 0.1) is 0 Å². The van der Waals surface area contributed by atoms with Gasteiger partial charge in [0.25, 0.3) is 0 Å². The van der Waals surface area contributed by atoms with Gasteiger partial charge in [0.2, 0.25) is 0 Å². The number of furan rings is 1. The second kappa shape index (κ2) is 10.2. The fraction of sp³-hybridized carbons (Fsp3) is 0. The molecular weight excluding hydrogens is 550 g/mol. The molecule has 0 amide bonds. The van der Waals surface area contributed by atoms with Crippen molar-refractivity contribution in [3.63, 3.8) is 0 Å². The van der Waals surface area contributed by atoms with Crippen LogP contribution in [0, 0.1) is 0 Å². The largest absolute Gasteiger partial charge is 0.455 e. The third kappa shape index (κ3) is 4.35. The number of para-hydroxylation sites is 1. The molecule has 0 aliphatic rings. The maximum Gasteiger partial charge on any atom is 0.164 e. The number of nitrogens with zero attached hydrogens (tertiary/aromatic N) is 3. The highest BCUT2D eigenvalue weighted by molar-refractivity contribution is 6.10. The first-order valence-corrected chi connectivity index (χ1v) is 15.0. The molecule has 0 atom stereocenters. The average molecular weight is 576 g/mol. The monoisotopic (exact) mass is 575 g/mol. The van der Waals surface area contributed by atoms with Gasteiger partial charge in [-0.3, -0.25) is 0 Å². The zero-order valence-electron chi connectivity index (χ0n) is 24.2. The molecule has 9 rings (SSSR count). The molecule has 0 radical (unpaired) electrons. The number of rotatable bonds is 4. The molecule has 45 heavy (non-hydrogen) atoms. The SMILES string of the molecule is c1ccc(-c2nc(-c3ccc4c(c3)oc3c(-c5ccc6ccccc6c5)cccc34)nc(-c3cccc4ccccc34)n2)cc1. The molecule has 2 heterocycles. The van der Waals surface area contributed by atoms with E-state index in [4.69, 9.17) is 19.4 Å². The number of fused-ring (bicyclic) bond motifs is 5. The second-order valence-electron chi connectivity index (χ2n) is 11.3. The van der Waals surface area contributed by atoms with Crippen LogP contribution in [-0.2, 0) is 0 Å². The van der Waals surface area contributed by atoms with Gasteiger partial charge in [0.15, 0.2) is 17.5 Å². The fourth-order valence-corrected chi connectivity index (χ4v) is 6.28. The maximum absolute atomic E-state index is 6.63. The smallest absolute Gasteiger partial charge is 0.164 e. The van der Waals surface area contributed by atoms with Gasteiger partial charge >= 0.3 is 0 Å². The van der Waals surface area contributed by atoms with Crippen LogP contribution in [0.2, 0.25) is 0 Å². The Morgan fingerprint density at radius 1 is 0.356 bits per heavy atom. The maximum atomic E-state index is 6.63. The van der Waals surface area contributed by atoms with E-state index in [0.29, 0.717) is 17.5 Å². The molecule has 4 nitrogen and oxygen atoms in total. The molecule has 0 saturated heterocycles. The normalized spacial score (nSPS) is 11.6. The van der Waals surface area contributed by atoms with Crippen LogP contribution in [0.1, 0.15) is 0 Å². The lowest BCUT2D eigenvalue weighted by Gasteiger charge is -2.10. The van der Waals surface area contributed by atoms with Crippen LogP contribution in [0.15, 0.2) is 156 Å². The topological polar surface area (TPSA) is 51.8 Å². The van der Waals surface area contributed by atoms with Gasteiger partial charge in [-0.15, -0.1) is 0 Å². The van der Waals surface area contributed by atoms with Crippen molar-refractivity contribution in [3.8, 4) is 45.3 Å². The van der Waals surface area contributed by atoms with E-state index in [2.05, 4.69) is 109 Å². The first-order valence-electron chi connectivity index (χ1n) is 15.0. The number of hydrogen-bond acceptors (Lipinski definition) is 4. The summed E-state index contributed by atoms with van der Waals surface area (Å²) >= 11 is 0. The van der Waals surface area contributed by atoms with Crippen molar-refractivity contribution in [2.45, 2.75) is 0 Å². The Labute approximate surface area is 259 Å². The summed E-state index contributed by atoms with van der Waals surface area (Å²) < 4.78 is 6.63. The van der Waals surface area contributed by atoms with Crippen molar-refractivity contribution in [3.05, 3.63) is 152 Å². The molecule has 7 aromatic carbocycles. The molecule has 0 bridgehead atoms. The van der Waals surface area contributed by atoms with Gasteiger partial charge in [-0.05, 0) is 45.3 Å². The van der Waals surface area contributed by atoms with Crippen molar-refractivity contribution < 1.29 is 4.42 Å². The summed E-state index contributed by atoms with van der Waals surface area (Å²) in [6, 6.07) is 52.2. The summed E-state index contributed by atoms with van der Waals surface area (Å²) in [5, 5.41) is 6.81. The predicted molar refractivity (Wildman–Crippen MR) is 184 cm³/mol. The van der Waals surface area contributed by atoms with E-state index >= 15 is 0 Å². The third-order valence-corrected chi connectivity index (χ3v) is 8.52. The van der Waals surface area contributed by atoms with Crippen LogP contribution in [0.3, 0.4) is 0 Å². The summed E-state index contributed by atoms with van der Waals surface area (Å²) in [4.78, 5) is 15.0. The predicted octanol–water partition coefficient (Wildman–Crippen LogP) is 10.7. The minimum absolute atomic E-state index is 0.601. The Kier molecular flexibility index (Phi) is 5.78. The molecule has 0 aliphatic heterocycles. The number of aromatic nitrogens is 3. The van der Waals surface area contributed by atoms with Gasteiger partial charge in [0.1, 0.15) is 11.2 Å². The first kappa shape index (κ1) is 25.4. The van der Waals surface area contributed by atoms with Crippen molar-refractivity contribution in [1.29, 1.82) is 0 Å². The summed E-state index contributed by atoms with van der Waals surface area (Å²) in [6.45, 7) is 0. The molecule has 0 spiro atoms. The van der Waals surface area contributed by atoms with Crippen molar-refractivity contribution in [1.82, 2.24) is 15.0 Å². The van der Waals surface area contributed by atoms with Crippen LogP contribution < -0.4 is 0 Å². The lowest BCUT2D eigenvalue weighted by molar-refractivity contribution is 0.670. The van der Waals surface area contributed by atoms with Crippen molar-refractivity contribution >= 4 is 43.5 Å². The molecule has 0 N–H and O–H groups in total. The standard InChI is InChI=1S/C41H25N3O/c1-2-12-28(13-3-1)39-42-40(44-41(43-39)36-19-8-15-27-11-6-7-16-32(27)36)31-22-23-34-35-18-9-17-33(38(35)45-37(34)25-31)30-21-20-26-10-4-5-14-29(26)24-30/h1-25H. The van der Waals surface area contributed by atoms with E-state index in [-0.39, 0.29) is 0 Å². The zero-order valence-corrected chi connectivity index (χ0v) is 24.2. The van der Waals surface area contributed by atoms with Gasteiger partial charge in [-0.25, -0.2) is 15.0 Å². The minimum Gasteiger partial charge on any atom is -0.455 e. The van der Waals surface area contributed by atoms with Crippen LogP contribution in [-0.4, -0.2) is 15.0 Å². The molecule has 0 unspecified atom stereocenters. The van der Waals surface area contributed by atoms with E-state index in [9.17, 15) is 0 Å². The lowest BCUT2D eigenvalue weighted by Crippen LogP contribution is -2.00. The Hall–Kier alpha value is -6.13. The molecule has 0 aliphatic carbocycles. The molecule has 4 heteroatoms. The van der Waals surface area contributed by atoms with Crippen molar-refractivity contribution in [2.75, 3.05) is 0 Å². The second-order valence-corrected chi connectivity index (χ2v) is 11.3. The van der Waals surface area contributed by atoms with Gasteiger partial charge in [-0.2, -0.15) is 0 Å². The number of hydrogen-bond donors (Lipinski definition) is 0. The first-order chi connectivity index (χ1) is 22.3. The van der Waals surface area contributed by atoms with E-state index in [1.807, 2.05) is 42.5 Å². The molecular formula is C41H25N3O. The third-order valence-electron chi connectivity index (χ3n) is 8.52. The van der Waals surface area contributed by atoms with E-state index < -0.39 is 0 Å². The molecule has 0 fully saturated rings. The summed E-state index contributed by atoms with van der Waals surface area (Å²) in [5.41, 5.74) is 6.64. The quantitative estimate of drug-likeness (QED) is 0.209. The Balaban J connectivity index is 1.22.